The van der Waals surface area contributed by atoms with Crippen LogP contribution in [-0.4, -0.2) is 41.5 Å². The van der Waals surface area contributed by atoms with Crippen LogP contribution < -0.4 is 5.32 Å². The van der Waals surface area contributed by atoms with E-state index in [1.54, 1.807) is 30.6 Å². The summed E-state index contributed by atoms with van der Waals surface area (Å²) in [6, 6.07) is 10.8. The summed E-state index contributed by atoms with van der Waals surface area (Å²) in [6.45, 7) is 1.48. The van der Waals surface area contributed by atoms with Crippen LogP contribution in [0.15, 0.2) is 48.8 Å². The third kappa shape index (κ3) is 4.22. The molecule has 1 aliphatic rings. The second-order valence-electron chi connectivity index (χ2n) is 6.04. The molecule has 1 N–H and O–H groups in total. The van der Waals surface area contributed by atoms with Crippen molar-refractivity contribution in [1.82, 2.24) is 9.88 Å². The predicted octanol–water partition coefficient (Wildman–Crippen LogP) is 2.47. The maximum absolute atomic E-state index is 12.4. The Labute approximate surface area is 146 Å². The smallest absolute Gasteiger partial charge is 0.323 e. The highest BCUT2D eigenvalue weighted by atomic mass is 16.5. The van der Waals surface area contributed by atoms with E-state index in [0.717, 1.165) is 24.9 Å². The lowest BCUT2D eigenvalue weighted by atomic mass is 10.1. The fourth-order valence-corrected chi connectivity index (χ4v) is 3.10. The van der Waals surface area contributed by atoms with Crippen LogP contribution in [0.1, 0.15) is 28.8 Å². The number of nitrogens with zero attached hydrogens (tertiary/aromatic N) is 2. The molecule has 1 aromatic heterocycles. The maximum Gasteiger partial charge on any atom is 0.323 e. The van der Waals surface area contributed by atoms with Gasteiger partial charge in [-0.25, -0.2) is 0 Å². The molecule has 6 heteroatoms. The summed E-state index contributed by atoms with van der Waals surface area (Å²) in [7, 11) is 1.42. The summed E-state index contributed by atoms with van der Waals surface area (Å²) in [6.07, 6.45) is 5.05. The summed E-state index contributed by atoms with van der Waals surface area (Å²) in [4.78, 5) is 30.3. The van der Waals surface area contributed by atoms with Gasteiger partial charge in [-0.3, -0.25) is 19.5 Å². The van der Waals surface area contributed by atoms with Gasteiger partial charge >= 0.3 is 5.97 Å². The number of rotatable bonds is 5. The monoisotopic (exact) mass is 339 g/mol. The molecule has 1 atom stereocenters. The Kier molecular flexibility index (Phi) is 5.40. The molecule has 1 aromatic carbocycles. The largest absolute Gasteiger partial charge is 0.468 e. The number of ether oxygens (including phenoxy) is 1. The normalized spacial score (nSPS) is 17.2. The first-order valence-electron chi connectivity index (χ1n) is 8.29. The molecule has 0 spiro atoms. The molecular formula is C19H21N3O3. The standard InChI is InChI=1S/C19H21N3O3/c1-25-19(24)17-6-3-11-22(17)13-14-4-2-5-15(12-14)18(23)21-16-7-9-20-10-8-16/h2,4-5,7-10,12,17H,3,6,11,13H2,1H3,(H,20,21,23). The van der Waals surface area contributed by atoms with Crippen LogP contribution in [0.5, 0.6) is 0 Å². The van der Waals surface area contributed by atoms with Crippen molar-refractivity contribution in [2.45, 2.75) is 25.4 Å². The number of aromatic nitrogens is 1. The average Bonchev–Trinajstić information content (AvgIpc) is 3.10. The first-order chi connectivity index (χ1) is 12.2. The summed E-state index contributed by atoms with van der Waals surface area (Å²) in [5.41, 5.74) is 2.29. The van der Waals surface area contributed by atoms with Crippen LogP contribution in [0.2, 0.25) is 0 Å². The van der Waals surface area contributed by atoms with Crippen molar-refractivity contribution in [2.24, 2.45) is 0 Å². The SMILES string of the molecule is COC(=O)C1CCCN1Cc1cccc(C(=O)Nc2ccncc2)c1. The number of hydrogen-bond donors (Lipinski definition) is 1. The first kappa shape index (κ1) is 17.1. The van der Waals surface area contributed by atoms with Gasteiger partial charge in [0.1, 0.15) is 6.04 Å². The number of anilines is 1. The van der Waals surface area contributed by atoms with Gasteiger partial charge in [0.05, 0.1) is 7.11 Å². The quantitative estimate of drug-likeness (QED) is 0.847. The average molecular weight is 339 g/mol. The van der Waals surface area contributed by atoms with E-state index >= 15 is 0 Å². The van der Waals surface area contributed by atoms with Gasteiger partial charge in [0.15, 0.2) is 0 Å². The van der Waals surface area contributed by atoms with Crippen LogP contribution >= 0.6 is 0 Å². The van der Waals surface area contributed by atoms with E-state index in [1.807, 2.05) is 18.2 Å². The van der Waals surface area contributed by atoms with Gasteiger partial charge in [-0.15, -0.1) is 0 Å². The zero-order valence-corrected chi connectivity index (χ0v) is 14.1. The number of carbonyl (C=O) groups is 2. The minimum Gasteiger partial charge on any atom is -0.468 e. The minimum absolute atomic E-state index is 0.168. The Bertz CT molecular complexity index is 749. The molecule has 3 rings (SSSR count). The number of carbonyl (C=O) groups excluding carboxylic acids is 2. The molecule has 0 saturated carbocycles. The molecule has 6 nitrogen and oxygen atoms in total. The Morgan fingerprint density at radius 3 is 2.84 bits per heavy atom. The van der Waals surface area contributed by atoms with E-state index in [-0.39, 0.29) is 17.9 Å². The molecule has 1 unspecified atom stereocenters. The topological polar surface area (TPSA) is 71.5 Å². The van der Waals surface area contributed by atoms with Crippen molar-refractivity contribution >= 4 is 17.6 Å². The number of benzene rings is 1. The molecule has 0 aliphatic carbocycles. The number of hydrogen-bond acceptors (Lipinski definition) is 5. The molecule has 1 amide bonds. The van der Waals surface area contributed by atoms with Crippen LogP contribution in [-0.2, 0) is 16.1 Å². The first-order valence-corrected chi connectivity index (χ1v) is 8.29. The van der Waals surface area contributed by atoms with E-state index < -0.39 is 0 Å². The van der Waals surface area contributed by atoms with E-state index in [2.05, 4.69) is 15.2 Å². The van der Waals surface area contributed by atoms with Gasteiger partial charge in [-0.1, -0.05) is 12.1 Å². The molecule has 2 heterocycles. The number of pyridine rings is 1. The number of likely N-dealkylation sites (tertiary alicyclic amines) is 1. The van der Waals surface area contributed by atoms with Gasteiger partial charge in [-0.2, -0.15) is 0 Å². The molecule has 1 fully saturated rings. The molecule has 2 aromatic rings. The van der Waals surface area contributed by atoms with Crippen molar-refractivity contribution in [2.75, 3.05) is 19.0 Å². The van der Waals surface area contributed by atoms with Crippen molar-refractivity contribution in [1.29, 1.82) is 0 Å². The highest BCUT2D eigenvalue weighted by Gasteiger charge is 2.31. The number of amides is 1. The van der Waals surface area contributed by atoms with Crippen LogP contribution in [0, 0.1) is 0 Å². The molecule has 0 bridgehead atoms. The van der Waals surface area contributed by atoms with Crippen LogP contribution in [0.3, 0.4) is 0 Å². The van der Waals surface area contributed by atoms with E-state index in [1.165, 1.54) is 7.11 Å². The van der Waals surface area contributed by atoms with Gasteiger partial charge in [0.25, 0.3) is 5.91 Å². The highest BCUT2D eigenvalue weighted by Crippen LogP contribution is 2.21. The van der Waals surface area contributed by atoms with Gasteiger partial charge < -0.3 is 10.1 Å². The maximum atomic E-state index is 12.4. The van der Waals surface area contributed by atoms with Gasteiger partial charge in [0, 0.05) is 30.2 Å². The lowest BCUT2D eigenvalue weighted by Gasteiger charge is -2.22. The molecule has 1 saturated heterocycles. The highest BCUT2D eigenvalue weighted by molar-refractivity contribution is 6.04. The summed E-state index contributed by atoms with van der Waals surface area (Å²) in [5, 5.41) is 2.85. The number of esters is 1. The lowest BCUT2D eigenvalue weighted by molar-refractivity contribution is -0.146. The molecule has 25 heavy (non-hydrogen) atoms. The second kappa shape index (κ2) is 7.90. The van der Waals surface area contributed by atoms with Crippen molar-refractivity contribution in [3.63, 3.8) is 0 Å². The number of methoxy groups -OCH3 is 1. The summed E-state index contributed by atoms with van der Waals surface area (Å²) in [5.74, 6) is -0.358. The number of nitrogens with one attached hydrogen (secondary N) is 1. The fourth-order valence-electron chi connectivity index (χ4n) is 3.10. The van der Waals surface area contributed by atoms with E-state index in [9.17, 15) is 9.59 Å². The van der Waals surface area contributed by atoms with Crippen molar-refractivity contribution < 1.29 is 14.3 Å². The third-order valence-electron chi connectivity index (χ3n) is 4.35. The van der Waals surface area contributed by atoms with Crippen LogP contribution in [0.4, 0.5) is 5.69 Å². The Balaban J connectivity index is 1.69. The lowest BCUT2D eigenvalue weighted by Crippen LogP contribution is -2.36. The zero-order chi connectivity index (χ0) is 17.6. The Morgan fingerprint density at radius 1 is 1.28 bits per heavy atom. The molecular weight excluding hydrogens is 318 g/mol. The van der Waals surface area contributed by atoms with E-state index in [0.29, 0.717) is 17.8 Å². The second-order valence-corrected chi connectivity index (χ2v) is 6.04. The molecule has 1 aliphatic heterocycles. The zero-order valence-electron chi connectivity index (χ0n) is 14.1. The van der Waals surface area contributed by atoms with Crippen molar-refractivity contribution in [3.05, 3.63) is 59.9 Å². The fraction of sp³-hybridized carbons (Fsp3) is 0.316. The molecule has 130 valence electrons. The van der Waals surface area contributed by atoms with E-state index in [4.69, 9.17) is 4.74 Å². The molecule has 0 radical (unpaired) electrons. The Hall–Kier alpha value is -2.73. The van der Waals surface area contributed by atoms with Gasteiger partial charge in [0.2, 0.25) is 0 Å². The Morgan fingerprint density at radius 2 is 2.08 bits per heavy atom. The van der Waals surface area contributed by atoms with Crippen molar-refractivity contribution in [3.8, 4) is 0 Å². The summed E-state index contributed by atoms with van der Waals surface area (Å²) < 4.78 is 4.88. The van der Waals surface area contributed by atoms with Gasteiger partial charge in [-0.05, 0) is 49.2 Å². The minimum atomic E-state index is -0.195. The summed E-state index contributed by atoms with van der Waals surface area (Å²) >= 11 is 0. The predicted molar refractivity (Wildman–Crippen MR) is 94.1 cm³/mol. The third-order valence-corrected chi connectivity index (χ3v) is 4.35. The van der Waals surface area contributed by atoms with Crippen LogP contribution in [0.25, 0.3) is 0 Å².